The van der Waals surface area contributed by atoms with E-state index in [2.05, 4.69) is 17.2 Å². The van der Waals surface area contributed by atoms with Crippen LogP contribution >= 0.6 is 0 Å². The van der Waals surface area contributed by atoms with Crippen molar-refractivity contribution in [3.8, 4) is 0 Å². The number of esters is 1. The molecule has 1 aliphatic carbocycles. The molecule has 0 saturated heterocycles. The molecule has 0 aromatic carbocycles. The summed E-state index contributed by atoms with van der Waals surface area (Å²) in [5.74, 6) is -0.285. The number of rotatable bonds is 2. The Labute approximate surface area is 65.2 Å². The van der Waals surface area contributed by atoms with E-state index in [1.807, 2.05) is 0 Å². The van der Waals surface area contributed by atoms with Crippen LogP contribution in [-0.4, -0.2) is 12.1 Å². The summed E-state index contributed by atoms with van der Waals surface area (Å²) < 4.78 is 4.88. The van der Waals surface area contributed by atoms with E-state index < -0.39 is 0 Å². The van der Waals surface area contributed by atoms with Crippen molar-refractivity contribution in [1.29, 1.82) is 0 Å². The molecule has 0 N–H and O–H groups in total. The highest BCUT2D eigenvalue weighted by Crippen LogP contribution is 2.07. The number of carbonyl (C=O) groups is 1. The Balaban J connectivity index is 2.58. The van der Waals surface area contributed by atoms with E-state index in [4.69, 9.17) is 4.74 Å². The fourth-order valence-corrected chi connectivity index (χ4v) is 0.790. The van der Waals surface area contributed by atoms with Crippen LogP contribution < -0.4 is 0 Å². The van der Waals surface area contributed by atoms with Gasteiger partial charge < -0.3 is 4.74 Å². The van der Waals surface area contributed by atoms with Gasteiger partial charge in [0.05, 0.1) is 5.57 Å². The lowest BCUT2D eigenvalue weighted by atomic mass is 10.2. The Kier molecular flexibility index (Phi) is 2.15. The van der Waals surface area contributed by atoms with Crippen LogP contribution in [0.15, 0.2) is 28.8 Å². The minimum Gasteiger partial charge on any atom is -0.457 e. The molecule has 56 valence electrons. The molecule has 11 heavy (non-hydrogen) atoms. The van der Waals surface area contributed by atoms with Crippen LogP contribution in [0.1, 0.15) is 13.8 Å². The smallest absolute Gasteiger partial charge is 0.303 e. The molecule has 2 nitrogen and oxygen atoms in total. The van der Waals surface area contributed by atoms with Gasteiger partial charge in [-0.1, -0.05) is 11.5 Å². The molecule has 0 aromatic rings. The lowest BCUT2D eigenvalue weighted by molar-refractivity contribution is -0.143. The van der Waals surface area contributed by atoms with Gasteiger partial charge >= 0.3 is 5.97 Å². The van der Waals surface area contributed by atoms with Gasteiger partial charge in [0.15, 0.2) is 0 Å². The Morgan fingerprint density at radius 2 is 2.45 bits per heavy atom. The highest BCUT2D eigenvalue weighted by atomic mass is 16.5. The van der Waals surface area contributed by atoms with Gasteiger partial charge in [-0.2, -0.15) is 0 Å². The van der Waals surface area contributed by atoms with Gasteiger partial charge in [0, 0.05) is 13.0 Å². The van der Waals surface area contributed by atoms with Gasteiger partial charge in [0.1, 0.15) is 6.10 Å². The first-order chi connectivity index (χ1) is 5.20. The fourth-order valence-electron chi connectivity index (χ4n) is 0.790. The lowest BCUT2D eigenvalue weighted by Crippen LogP contribution is -2.12. The molecule has 2 heteroatoms. The van der Waals surface area contributed by atoms with Gasteiger partial charge in [0.25, 0.3) is 0 Å². The predicted octanol–water partition coefficient (Wildman–Crippen LogP) is 1.34. The monoisotopic (exact) mass is 148 g/mol. The zero-order chi connectivity index (χ0) is 8.27. The molecule has 1 rings (SSSR count). The third-order valence-corrected chi connectivity index (χ3v) is 1.29. The van der Waals surface area contributed by atoms with E-state index in [0.29, 0.717) is 0 Å². The van der Waals surface area contributed by atoms with E-state index >= 15 is 0 Å². The topological polar surface area (TPSA) is 26.3 Å². The molecule has 0 amide bonds. The number of hydrogen-bond donors (Lipinski definition) is 0. The molecule has 0 aromatic heterocycles. The lowest BCUT2D eigenvalue weighted by Gasteiger charge is -2.08. The SMILES string of the molecule is CC(=O)OC(C)C1=C=C=C=C1. The maximum atomic E-state index is 10.5. The van der Waals surface area contributed by atoms with Crippen LogP contribution in [-0.2, 0) is 9.53 Å². The molecule has 0 bridgehead atoms. The van der Waals surface area contributed by atoms with Crippen LogP contribution in [0.4, 0.5) is 0 Å². The predicted molar refractivity (Wildman–Crippen MR) is 39.9 cm³/mol. The third kappa shape index (κ3) is 2.00. The second-order valence-corrected chi connectivity index (χ2v) is 2.25. The molecule has 1 unspecified atom stereocenters. The number of carbonyl (C=O) groups excluding carboxylic acids is 1. The minimum atomic E-state index is -0.285. The molecular weight excluding hydrogens is 140 g/mol. The largest absolute Gasteiger partial charge is 0.457 e. The quantitative estimate of drug-likeness (QED) is 0.436. The van der Waals surface area contributed by atoms with Crippen molar-refractivity contribution >= 4 is 5.97 Å². The third-order valence-electron chi connectivity index (χ3n) is 1.29. The molecule has 0 spiro atoms. The van der Waals surface area contributed by atoms with E-state index in [9.17, 15) is 4.79 Å². The van der Waals surface area contributed by atoms with Crippen molar-refractivity contribution in [2.45, 2.75) is 20.0 Å². The van der Waals surface area contributed by atoms with Crippen LogP contribution in [0, 0.1) is 0 Å². The normalized spacial score (nSPS) is 14.9. The highest BCUT2D eigenvalue weighted by Gasteiger charge is 2.09. The Bertz CT molecular complexity index is 306. The van der Waals surface area contributed by atoms with E-state index in [1.54, 1.807) is 13.0 Å². The summed E-state index contributed by atoms with van der Waals surface area (Å²) >= 11 is 0. The molecule has 0 radical (unpaired) electrons. The van der Waals surface area contributed by atoms with Crippen LogP contribution in [0.2, 0.25) is 0 Å². The summed E-state index contributed by atoms with van der Waals surface area (Å²) in [5, 5.41) is 0. The van der Waals surface area contributed by atoms with Crippen LogP contribution in [0.5, 0.6) is 0 Å². The van der Waals surface area contributed by atoms with Crippen LogP contribution in [0.3, 0.4) is 0 Å². The van der Waals surface area contributed by atoms with E-state index in [1.165, 1.54) is 6.92 Å². The second-order valence-electron chi connectivity index (χ2n) is 2.25. The molecular formula is C9H8O2. The minimum absolute atomic E-state index is 0.241. The van der Waals surface area contributed by atoms with E-state index in [-0.39, 0.29) is 12.1 Å². The van der Waals surface area contributed by atoms with Crippen molar-refractivity contribution in [3.05, 3.63) is 28.8 Å². The molecule has 1 atom stereocenters. The van der Waals surface area contributed by atoms with E-state index in [0.717, 1.165) is 5.57 Å². The van der Waals surface area contributed by atoms with Crippen molar-refractivity contribution in [1.82, 2.24) is 0 Å². The average Bonchev–Trinajstić information content (AvgIpc) is 2.35. The summed E-state index contributed by atoms with van der Waals surface area (Å²) in [5.41, 5.74) is 8.94. The first kappa shape index (κ1) is 7.65. The summed E-state index contributed by atoms with van der Waals surface area (Å²) in [4.78, 5) is 10.5. The summed E-state index contributed by atoms with van der Waals surface area (Å²) in [6.45, 7) is 3.17. The second kappa shape index (κ2) is 3.09. The van der Waals surface area contributed by atoms with Crippen molar-refractivity contribution in [3.63, 3.8) is 0 Å². The molecule has 0 saturated carbocycles. The molecule has 0 heterocycles. The Morgan fingerprint density at radius 1 is 1.73 bits per heavy atom. The Morgan fingerprint density at radius 3 is 2.91 bits per heavy atom. The van der Waals surface area contributed by atoms with Gasteiger partial charge in [-0.15, -0.1) is 0 Å². The van der Waals surface area contributed by atoms with Crippen LogP contribution in [0.25, 0.3) is 0 Å². The summed E-state index contributed by atoms with van der Waals surface area (Å²) in [6.07, 6.45) is 1.46. The standard InChI is InChI=1S/C9H8O2/c1-7(11-8(2)10)9-5-3-4-6-9/h5,7H,1-2H3. The maximum absolute atomic E-state index is 10.5. The maximum Gasteiger partial charge on any atom is 0.303 e. The molecule has 0 fully saturated rings. The van der Waals surface area contributed by atoms with Gasteiger partial charge in [-0.25, -0.2) is 0 Å². The zero-order valence-electron chi connectivity index (χ0n) is 6.47. The van der Waals surface area contributed by atoms with Crippen molar-refractivity contribution in [2.75, 3.05) is 0 Å². The first-order valence-corrected chi connectivity index (χ1v) is 3.34. The summed E-state index contributed by atoms with van der Waals surface area (Å²) in [7, 11) is 0. The highest BCUT2D eigenvalue weighted by molar-refractivity contribution is 5.66. The fraction of sp³-hybridized carbons (Fsp3) is 0.333. The molecule has 0 aliphatic heterocycles. The Hall–Kier alpha value is -1.45. The van der Waals surface area contributed by atoms with Crippen molar-refractivity contribution in [2.24, 2.45) is 0 Å². The zero-order valence-corrected chi connectivity index (χ0v) is 6.47. The van der Waals surface area contributed by atoms with Gasteiger partial charge in [0.2, 0.25) is 0 Å². The number of ether oxygens (including phenoxy) is 1. The summed E-state index contributed by atoms with van der Waals surface area (Å²) in [6, 6.07) is 0. The van der Waals surface area contributed by atoms with Crippen molar-refractivity contribution < 1.29 is 9.53 Å². The van der Waals surface area contributed by atoms with Gasteiger partial charge in [-0.05, 0) is 12.7 Å². The number of hydrogen-bond acceptors (Lipinski definition) is 2. The van der Waals surface area contributed by atoms with Gasteiger partial charge in [-0.3, -0.25) is 4.79 Å². The first-order valence-electron chi connectivity index (χ1n) is 3.34. The molecule has 1 aliphatic rings. The average molecular weight is 148 g/mol.